The van der Waals surface area contributed by atoms with E-state index in [0.717, 1.165) is 18.2 Å². The summed E-state index contributed by atoms with van der Waals surface area (Å²) in [5.74, 6) is -1.28. The minimum Gasteiger partial charge on any atom is -0.480 e. The predicted octanol–water partition coefficient (Wildman–Crippen LogP) is 2.10. The van der Waals surface area contributed by atoms with Crippen molar-refractivity contribution in [2.24, 2.45) is 5.73 Å². The Morgan fingerprint density at radius 3 is 2.38 bits per heavy atom. The van der Waals surface area contributed by atoms with Crippen LogP contribution in [0.25, 0.3) is 0 Å². The van der Waals surface area contributed by atoms with Crippen molar-refractivity contribution in [2.75, 3.05) is 0 Å². The van der Waals surface area contributed by atoms with E-state index in [0.29, 0.717) is 0 Å². The molecule has 0 fully saturated rings. The molecule has 1 rings (SSSR count). The van der Waals surface area contributed by atoms with Crippen molar-refractivity contribution in [1.82, 2.24) is 0 Å². The van der Waals surface area contributed by atoms with Gasteiger partial charge in [0, 0.05) is 0 Å². The van der Waals surface area contributed by atoms with Crippen LogP contribution < -0.4 is 5.73 Å². The molecule has 0 saturated carbocycles. The lowest BCUT2D eigenvalue weighted by Gasteiger charge is -2.13. The number of aliphatic carboxylic acids is 1. The maximum atomic E-state index is 12.3. The van der Waals surface area contributed by atoms with Crippen LogP contribution in [-0.2, 0) is 11.0 Å². The molecule has 3 nitrogen and oxygen atoms in total. The molecule has 1 atom stereocenters. The van der Waals surface area contributed by atoms with E-state index in [9.17, 15) is 18.0 Å². The fraction of sp³-hybridized carbons (Fsp3) is 0.300. The van der Waals surface area contributed by atoms with Crippen LogP contribution in [0.5, 0.6) is 0 Å². The number of carboxylic acids is 1. The zero-order valence-electron chi connectivity index (χ0n) is 8.38. The van der Waals surface area contributed by atoms with Crippen LogP contribution in [0.3, 0.4) is 0 Å². The third-order valence-electron chi connectivity index (χ3n) is 2.20. The first-order chi connectivity index (χ1) is 7.23. The molecule has 16 heavy (non-hydrogen) atoms. The number of carbonyl (C=O) groups is 1. The molecule has 0 aliphatic carbocycles. The van der Waals surface area contributed by atoms with Gasteiger partial charge in [0.2, 0.25) is 0 Å². The standard InChI is InChI=1S/C10H10F3NO2/c1-5-4-6(10(11,12)13)2-3-7(5)8(14)9(15)16/h2-4,8H,14H2,1H3,(H,15,16)/t8-/m0/s1. The Morgan fingerprint density at radius 1 is 1.44 bits per heavy atom. The highest BCUT2D eigenvalue weighted by Gasteiger charge is 2.31. The molecule has 0 aliphatic heterocycles. The Balaban J connectivity index is 3.15. The van der Waals surface area contributed by atoms with Gasteiger partial charge in [-0.2, -0.15) is 13.2 Å². The normalized spacial score (nSPS) is 13.6. The van der Waals surface area contributed by atoms with Crippen LogP contribution >= 0.6 is 0 Å². The van der Waals surface area contributed by atoms with Crippen molar-refractivity contribution < 1.29 is 23.1 Å². The van der Waals surface area contributed by atoms with E-state index in [-0.39, 0.29) is 11.1 Å². The van der Waals surface area contributed by atoms with Crippen molar-refractivity contribution >= 4 is 5.97 Å². The molecule has 0 unspecified atom stereocenters. The molecule has 0 aromatic heterocycles. The molecule has 1 aromatic rings. The molecule has 0 heterocycles. The molecule has 88 valence electrons. The summed E-state index contributed by atoms with van der Waals surface area (Å²) in [4.78, 5) is 10.6. The molecule has 0 saturated heterocycles. The lowest BCUT2D eigenvalue weighted by atomic mass is 9.99. The second-order valence-electron chi connectivity index (χ2n) is 3.39. The Kier molecular flexibility index (Phi) is 3.23. The number of nitrogens with two attached hydrogens (primary N) is 1. The van der Waals surface area contributed by atoms with Gasteiger partial charge in [-0.3, -0.25) is 4.79 Å². The van der Waals surface area contributed by atoms with Crippen molar-refractivity contribution in [3.8, 4) is 0 Å². The van der Waals surface area contributed by atoms with Gasteiger partial charge in [-0.25, -0.2) is 0 Å². The minimum atomic E-state index is -4.43. The summed E-state index contributed by atoms with van der Waals surface area (Å²) in [6, 6.07) is 1.50. The van der Waals surface area contributed by atoms with Crippen LogP contribution in [0.2, 0.25) is 0 Å². The summed E-state index contributed by atoms with van der Waals surface area (Å²) in [6.07, 6.45) is -4.43. The van der Waals surface area contributed by atoms with Gasteiger partial charge in [0.15, 0.2) is 0 Å². The zero-order valence-corrected chi connectivity index (χ0v) is 8.38. The molecule has 6 heteroatoms. The van der Waals surface area contributed by atoms with Gasteiger partial charge in [0.25, 0.3) is 0 Å². The summed E-state index contributed by atoms with van der Waals surface area (Å²) in [7, 11) is 0. The van der Waals surface area contributed by atoms with Crippen molar-refractivity contribution in [3.05, 3.63) is 34.9 Å². The SMILES string of the molecule is Cc1cc(C(F)(F)F)ccc1[C@H](N)C(=O)O. The number of hydrogen-bond acceptors (Lipinski definition) is 2. The Hall–Kier alpha value is -1.56. The van der Waals surface area contributed by atoms with E-state index in [4.69, 9.17) is 10.8 Å². The van der Waals surface area contributed by atoms with Gasteiger partial charge in [0.05, 0.1) is 5.56 Å². The Morgan fingerprint density at radius 2 is 2.00 bits per heavy atom. The van der Waals surface area contributed by atoms with Crippen molar-refractivity contribution in [2.45, 2.75) is 19.1 Å². The monoisotopic (exact) mass is 233 g/mol. The number of aryl methyl sites for hydroxylation is 1. The quantitative estimate of drug-likeness (QED) is 0.822. The number of alkyl halides is 3. The van der Waals surface area contributed by atoms with Crippen molar-refractivity contribution in [3.63, 3.8) is 0 Å². The number of carboxylic acid groups (broad SMARTS) is 1. The zero-order chi connectivity index (χ0) is 12.5. The molecular weight excluding hydrogens is 223 g/mol. The van der Waals surface area contributed by atoms with E-state index in [2.05, 4.69) is 0 Å². The molecule has 0 aliphatic rings. The van der Waals surface area contributed by atoms with E-state index in [1.165, 1.54) is 6.92 Å². The number of benzene rings is 1. The van der Waals surface area contributed by atoms with Gasteiger partial charge >= 0.3 is 12.1 Å². The fourth-order valence-corrected chi connectivity index (χ4v) is 1.33. The average molecular weight is 233 g/mol. The topological polar surface area (TPSA) is 63.3 Å². The molecule has 0 radical (unpaired) electrons. The second kappa shape index (κ2) is 4.13. The first kappa shape index (κ1) is 12.5. The lowest BCUT2D eigenvalue weighted by Crippen LogP contribution is -2.22. The first-order valence-electron chi connectivity index (χ1n) is 4.39. The third-order valence-corrected chi connectivity index (χ3v) is 2.20. The maximum Gasteiger partial charge on any atom is 0.416 e. The Bertz CT molecular complexity index is 415. The van der Waals surface area contributed by atoms with Gasteiger partial charge in [-0.05, 0) is 30.2 Å². The molecule has 0 spiro atoms. The van der Waals surface area contributed by atoms with Crippen LogP contribution in [0, 0.1) is 6.92 Å². The van der Waals surface area contributed by atoms with Gasteiger partial charge in [0.1, 0.15) is 6.04 Å². The summed E-state index contributed by atoms with van der Waals surface area (Å²) in [5.41, 5.74) is 4.90. The molecule has 0 bridgehead atoms. The largest absolute Gasteiger partial charge is 0.480 e. The van der Waals surface area contributed by atoms with Crippen molar-refractivity contribution in [1.29, 1.82) is 0 Å². The van der Waals surface area contributed by atoms with Crippen LogP contribution in [0.4, 0.5) is 13.2 Å². The lowest BCUT2D eigenvalue weighted by molar-refractivity contribution is -0.138. The molecule has 0 amide bonds. The van der Waals surface area contributed by atoms with Crippen LogP contribution in [0.1, 0.15) is 22.7 Å². The second-order valence-corrected chi connectivity index (χ2v) is 3.39. The summed E-state index contributed by atoms with van der Waals surface area (Å²) in [6.45, 7) is 1.40. The number of halogens is 3. The van der Waals surface area contributed by atoms with Crippen LogP contribution in [0.15, 0.2) is 18.2 Å². The highest BCUT2D eigenvalue weighted by Crippen LogP contribution is 2.31. The van der Waals surface area contributed by atoms with E-state index >= 15 is 0 Å². The molecule has 1 aromatic carbocycles. The smallest absolute Gasteiger partial charge is 0.416 e. The first-order valence-corrected chi connectivity index (χ1v) is 4.39. The third kappa shape index (κ3) is 2.52. The van der Waals surface area contributed by atoms with Crippen LogP contribution in [-0.4, -0.2) is 11.1 Å². The van der Waals surface area contributed by atoms with E-state index in [1.54, 1.807) is 0 Å². The summed E-state index contributed by atoms with van der Waals surface area (Å²) in [5, 5.41) is 8.64. The highest BCUT2D eigenvalue weighted by molar-refractivity contribution is 5.75. The van der Waals surface area contributed by atoms with Gasteiger partial charge in [-0.15, -0.1) is 0 Å². The summed E-state index contributed by atoms with van der Waals surface area (Å²) < 4.78 is 36.9. The van der Waals surface area contributed by atoms with E-state index in [1.807, 2.05) is 0 Å². The van der Waals surface area contributed by atoms with Gasteiger partial charge < -0.3 is 10.8 Å². The van der Waals surface area contributed by atoms with E-state index < -0.39 is 23.8 Å². The molecular formula is C10H10F3NO2. The number of rotatable bonds is 2. The maximum absolute atomic E-state index is 12.3. The van der Waals surface area contributed by atoms with Gasteiger partial charge in [-0.1, -0.05) is 6.07 Å². The highest BCUT2D eigenvalue weighted by atomic mass is 19.4. The average Bonchev–Trinajstić information content (AvgIpc) is 2.15. The Labute approximate surface area is 89.7 Å². The predicted molar refractivity (Wildman–Crippen MR) is 50.7 cm³/mol. The molecule has 3 N–H and O–H groups in total. The minimum absolute atomic E-state index is 0.181. The number of hydrogen-bond donors (Lipinski definition) is 2. The summed E-state index contributed by atoms with van der Waals surface area (Å²) >= 11 is 0. The fourth-order valence-electron chi connectivity index (χ4n) is 1.33.